The second-order valence-electron chi connectivity index (χ2n) is 6.90. The van der Waals surface area contributed by atoms with Crippen molar-refractivity contribution in [1.29, 1.82) is 0 Å². The molecule has 160 valence electrons. The second kappa shape index (κ2) is 12.0. The number of ether oxygens (including phenoxy) is 2. The van der Waals surface area contributed by atoms with Gasteiger partial charge in [-0.05, 0) is 38.3 Å². The van der Waals surface area contributed by atoms with Crippen LogP contribution in [0.25, 0.3) is 0 Å². The highest BCUT2D eigenvalue weighted by Gasteiger charge is 2.17. The molecule has 3 rings (SSSR count). The summed E-state index contributed by atoms with van der Waals surface area (Å²) in [5, 5.41) is 10.4. The Bertz CT molecular complexity index is 790. The summed E-state index contributed by atoms with van der Waals surface area (Å²) in [7, 11) is 1.75. The lowest BCUT2D eigenvalue weighted by Crippen LogP contribution is -2.38. The Balaban J connectivity index is 0.00000300. The number of nitrogens with zero attached hydrogens (tertiary/aromatic N) is 3. The number of aliphatic imine (C=N–C) groups is 1. The Morgan fingerprint density at radius 2 is 2.17 bits per heavy atom. The minimum absolute atomic E-state index is 0. The van der Waals surface area contributed by atoms with Crippen LogP contribution in [0.3, 0.4) is 0 Å². The van der Waals surface area contributed by atoms with E-state index in [1.165, 1.54) is 5.56 Å². The molecule has 0 bridgehead atoms. The second-order valence-corrected chi connectivity index (χ2v) is 6.90. The molecule has 1 aromatic carbocycles. The van der Waals surface area contributed by atoms with Crippen molar-refractivity contribution in [2.75, 3.05) is 26.8 Å². The van der Waals surface area contributed by atoms with Crippen LogP contribution >= 0.6 is 24.0 Å². The van der Waals surface area contributed by atoms with Crippen molar-refractivity contribution in [3.05, 3.63) is 41.0 Å². The molecule has 8 nitrogen and oxygen atoms in total. The summed E-state index contributed by atoms with van der Waals surface area (Å²) in [6, 6.07) is 6.24. The zero-order valence-electron chi connectivity index (χ0n) is 17.2. The fourth-order valence-corrected chi connectivity index (χ4v) is 3.03. The lowest BCUT2D eigenvalue weighted by atomic mass is 10.1. The first-order valence-electron chi connectivity index (χ1n) is 9.71. The van der Waals surface area contributed by atoms with Crippen LogP contribution in [-0.2, 0) is 17.7 Å². The van der Waals surface area contributed by atoms with Gasteiger partial charge < -0.3 is 24.6 Å². The van der Waals surface area contributed by atoms with Crippen LogP contribution in [0, 0.1) is 13.8 Å². The molecule has 2 aromatic rings. The normalized spacial score (nSPS) is 16.4. The molecule has 0 amide bonds. The highest BCUT2D eigenvalue weighted by Crippen LogP contribution is 2.22. The van der Waals surface area contributed by atoms with E-state index < -0.39 is 0 Å². The first-order valence-corrected chi connectivity index (χ1v) is 9.71. The van der Waals surface area contributed by atoms with Crippen LogP contribution in [0.2, 0.25) is 0 Å². The number of hydrogen-bond acceptors (Lipinski definition) is 6. The molecule has 1 atom stereocenters. The van der Waals surface area contributed by atoms with Gasteiger partial charge in [-0.1, -0.05) is 17.3 Å². The van der Waals surface area contributed by atoms with E-state index in [-0.39, 0.29) is 30.1 Å². The average molecular weight is 515 g/mol. The van der Waals surface area contributed by atoms with E-state index in [9.17, 15) is 0 Å². The van der Waals surface area contributed by atoms with Crippen molar-refractivity contribution in [2.45, 2.75) is 45.8 Å². The van der Waals surface area contributed by atoms with Gasteiger partial charge in [-0.3, -0.25) is 4.99 Å². The summed E-state index contributed by atoms with van der Waals surface area (Å²) in [5.74, 6) is 2.86. The quantitative estimate of drug-likeness (QED) is 0.317. The van der Waals surface area contributed by atoms with Gasteiger partial charge in [0.05, 0.1) is 6.10 Å². The van der Waals surface area contributed by atoms with Gasteiger partial charge >= 0.3 is 0 Å². The molecule has 0 radical (unpaired) electrons. The van der Waals surface area contributed by atoms with E-state index >= 15 is 0 Å². The average Bonchev–Trinajstić information content (AvgIpc) is 3.35. The van der Waals surface area contributed by atoms with Crippen molar-refractivity contribution in [2.24, 2.45) is 4.99 Å². The third-order valence-electron chi connectivity index (χ3n) is 4.54. The Morgan fingerprint density at radius 1 is 1.31 bits per heavy atom. The maximum Gasteiger partial charge on any atom is 0.228 e. The Kier molecular flexibility index (Phi) is 9.65. The molecular formula is C20H30IN5O3. The Morgan fingerprint density at radius 3 is 2.86 bits per heavy atom. The highest BCUT2D eigenvalue weighted by molar-refractivity contribution is 14.0. The van der Waals surface area contributed by atoms with Crippen molar-refractivity contribution >= 4 is 29.9 Å². The number of aromatic nitrogens is 2. The predicted molar refractivity (Wildman–Crippen MR) is 122 cm³/mol. The van der Waals surface area contributed by atoms with Gasteiger partial charge in [0.1, 0.15) is 12.4 Å². The van der Waals surface area contributed by atoms with Crippen LogP contribution in [0.5, 0.6) is 5.75 Å². The van der Waals surface area contributed by atoms with Gasteiger partial charge in [-0.15, -0.1) is 24.0 Å². The molecule has 0 spiro atoms. The van der Waals surface area contributed by atoms with E-state index in [2.05, 4.69) is 50.9 Å². The first kappa shape index (κ1) is 23.4. The summed E-state index contributed by atoms with van der Waals surface area (Å²) < 4.78 is 16.8. The highest BCUT2D eigenvalue weighted by atomic mass is 127. The third-order valence-corrected chi connectivity index (χ3v) is 4.54. The van der Waals surface area contributed by atoms with Gasteiger partial charge in [-0.2, -0.15) is 4.98 Å². The van der Waals surface area contributed by atoms with Crippen LogP contribution < -0.4 is 15.4 Å². The summed E-state index contributed by atoms with van der Waals surface area (Å²) in [4.78, 5) is 8.46. The van der Waals surface area contributed by atoms with Gasteiger partial charge in [0.2, 0.25) is 5.89 Å². The molecule has 0 aliphatic carbocycles. The molecule has 0 saturated carbocycles. The van der Waals surface area contributed by atoms with Gasteiger partial charge in [0.15, 0.2) is 11.8 Å². The summed E-state index contributed by atoms with van der Waals surface area (Å²) in [6.45, 7) is 6.56. The van der Waals surface area contributed by atoms with Crippen molar-refractivity contribution < 1.29 is 14.0 Å². The van der Waals surface area contributed by atoms with Crippen LogP contribution in [0.15, 0.2) is 27.7 Å². The van der Waals surface area contributed by atoms with Gasteiger partial charge in [0, 0.05) is 38.7 Å². The summed E-state index contributed by atoms with van der Waals surface area (Å²) in [5.41, 5.74) is 2.25. The number of rotatable bonds is 8. The zero-order chi connectivity index (χ0) is 19.8. The summed E-state index contributed by atoms with van der Waals surface area (Å²) in [6.07, 6.45) is 3.02. The molecule has 2 heterocycles. The van der Waals surface area contributed by atoms with Gasteiger partial charge in [0.25, 0.3) is 0 Å². The van der Waals surface area contributed by atoms with E-state index in [0.717, 1.165) is 30.8 Å². The largest absolute Gasteiger partial charge is 0.491 e. The van der Waals surface area contributed by atoms with E-state index in [1.807, 2.05) is 0 Å². The Hall–Kier alpha value is -1.88. The van der Waals surface area contributed by atoms with Crippen molar-refractivity contribution in [3.8, 4) is 5.75 Å². The number of hydrogen-bond donors (Lipinski definition) is 2. The fraction of sp³-hybridized carbons (Fsp3) is 0.550. The number of aryl methyl sites for hydroxylation is 2. The third kappa shape index (κ3) is 7.46. The smallest absolute Gasteiger partial charge is 0.228 e. The molecule has 29 heavy (non-hydrogen) atoms. The molecule has 1 aliphatic rings. The van der Waals surface area contributed by atoms with Crippen LogP contribution in [0.4, 0.5) is 0 Å². The minimum Gasteiger partial charge on any atom is -0.491 e. The molecular weight excluding hydrogens is 485 g/mol. The van der Waals surface area contributed by atoms with Crippen LogP contribution in [-0.4, -0.2) is 49.0 Å². The van der Waals surface area contributed by atoms with Crippen molar-refractivity contribution in [3.63, 3.8) is 0 Å². The lowest BCUT2D eigenvalue weighted by Gasteiger charge is -2.17. The molecule has 1 aromatic heterocycles. The fourth-order valence-electron chi connectivity index (χ4n) is 3.03. The first-order chi connectivity index (χ1) is 13.6. The van der Waals surface area contributed by atoms with E-state index in [1.54, 1.807) is 14.0 Å². The molecule has 1 fully saturated rings. The number of benzene rings is 1. The topological polar surface area (TPSA) is 93.8 Å². The van der Waals surface area contributed by atoms with Crippen LogP contribution in [0.1, 0.15) is 35.7 Å². The van der Waals surface area contributed by atoms with Gasteiger partial charge in [-0.25, -0.2) is 0 Å². The molecule has 1 unspecified atom stereocenters. The maximum absolute atomic E-state index is 6.06. The predicted octanol–water partition coefficient (Wildman–Crippen LogP) is 2.77. The standard InChI is InChI=1S/C20H29N5O3.HI/c1-14-6-7-16(18(11-14)27-13-17-5-4-10-26-17)12-23-20(21-3)22-9-8-19-24-15(2)25-28-19;/h6-7,11,17H,4-5,8-10,12-13H2,1-3H3,(H2,21,22,23);1H. The SMILES string of the molecule is CN=C(NCCc1nc(C)no1)NCc1ccc(C)cc1OCC1CCCO1.I. The minimum atomic E-state index is 0. The monoisotopic (exact) mass is 515 g/mol. The number of guanidine groups is 1. The summed E-state index contributed by atoms with van der Waals surface area (Å²) >= 11 is 0. The maximum atomic E-state index is 6.06. The van der Waals surface area contributed by atoms with E-state index in [4.69, 9.17) is 14.0 Å². The molecule has 1 aliphatic heterocycles. The molecule has 2 N–H and O–H groups in total. The van der Waals surface area contributed by atoms with Crippen molar-refractivity contribution in [1.82, 2.24) is 20.8 Å². The number of nitrogens with one attached hydrogen (secondary N) is 2. The molecule has 1 saturated heterocycles. The lowest BCUT2D eigenvalue weighted by molar-refractivity contribution is 0.0676. The zero-order valence-corrected chi connectivity index (χ0v) is 19.6. The Labute approximate surface area is 188 Å². The number of halogens is 1. The van der Waals surface area contributed by atoms with E-state index in [0.29, 0.717) is 43.8 Å². The molecule has 9 heteroatoms.